The van der Waals surface area contributed by atoms with Gasteiger partial charge < -0.3 is 9.84 Å². The highest BCUT2D eigenvalue weighted by Crippen LogP contribution is 2.33. The van der Waals surface area contributed by atoms with E-state index in [-0.39, 0.29) is 20.2 Å². The number of carbonyl (C=O) groups excluding carboxylic acids is 1. The lowest BCUT2D eigenvalue weighted by atomic mass is 10.5. The van der Waals surface area contributed by atoms with Gasteiger partial charge in [0.2, 0.25) is 10.0 Å². The van der Waals surface area contributed by atoms with Crippen LogP contribution in [-0.4, -0.2) is 50.0 Å². The van der Waals surface area contributed by atoms with Crippen LogP contribution in [-0.2, 0) is 19.6 Å². The summed E-state index contributed by atoms with van der Waals surface area (Å²) in [5, 5.41) is 8.85. The van der Waals surface area contributed by atoms with Gasteiger partial charge in [0.1, 0.15) is 16.3 Å². The zero-order valence-corrected chi connectivity index (χ0v) is 13.8. The van der Waals surface area contributed by atoms with Gasteiger partial charge in [-0.25, -0.2) is 13.2 Å². The van der Waals surface area contributed by atoms with E-state index in [9.17, 15) is 18.0 Å². The lowest BCUT2D eigenvalue weighted by Gasteiger charge is -2.15. The molecule has 0 fully saturated rings. The second kappa shape index (κ2) is 6.66. The molecule has 20 heavy (non-hydrogen) atoms. The molecular formula is C10H12BrNO6S2. The first-order chi connectivity index (χ1) is 9.20. The van der Waals surface area contributed by atoms with Gasteiger partial charge in [0.25, 0.3) is 0 Å². The van der Waals surface area contributed by atoms with Crippen molar-refractivity contribution < 1.29 is 27.9 Å². The molecule has 0 aliphatic heterocycles. The van der Waals surface area contributed by atoms with Crippen LogP contribution < -0.4 is 0 Å². The van der Waals surface area contributed by atoms with Crippen LogP contribution in [0.3, 0.4) is 0 Å². The number of likely N-dealkylation sites (N-methyl/N-ethyl adjacent to an activating group) is 1. The number of aromatic carboxylic acids is 1. The van der Waals surface area contributed by atoms with Crippen LogP contribution >= 0.6 is 27.3 Å². The number of halogens is 1. The van der Waals surface area contributed by atoms with Crippen LogP contribution in [0.5, 0.6) is 0 Å². The molecular weight excluding hydrogens is 374 g/mol. The molecule has 0 unspecified atom stereocenters. The Kier molecular flexibility index (Phi) is 5.68. The van der Waals surface area contributed by atoms with Crippen molar-refractivity contribution in [2.24, 2.45) is 0 Å². The number of esters is 1. The number of carbonyl (C=O) groups is 2. The van der Waals surface area contributed by atoms with Crippen LogP contribution in [0.4, 0.5) is 0 Å². The minimum absolute atomic E-state index is 0.111. The average Bonchev–Trinajstić information content (AvgIpc) is 2.72. The van der Waals surface area contributed by atoms with Gasteiger partial charge in [-0.1, -0.05) is 0 Å². The molecule has 0 spiro atoms. The second-order valence-corrected chi connectivity index (χ2v) is 8.00. The first kappa shape index (κ1) is 17.1. The Balaban J connectivity index is 3.04. The number of sulfonamides is 1. The molecule has 0 aliphatic carbocycles. The van der Waals surface area contributed by atoms with Crippen molar-refractivity contribution in [1.82, 2.24) is 4.31 Å². The Labute approximate surface area is 128 Å². The predicted octanol–water partition coefficient (Wildman–Crippen LogP) is 1.39. The van der Waals surface area contributed by atoms with E-state index in [0.717, 1.165) is 21.7 Å². The molecule has 1 heterocycles. The van der Waals surface area contributed by atoms with Crippen molar-refractivity contribution in [3.8, 4) is 0 Å². The van der Waals surface area contributed by atoms with E-state index in [1.165, 1.54) is 7.05 Å². The molecule has 1 aromatic rings. The van der Waals surface area contributed by atoms with Crippen LogP contribution in [0.25, 0.3) is 0 Å². The molecule has 7 nitrogen and oxygen atoms in total. The van der Waals surface area contributed by atoms with Crippen molar-refractivity contribution >= 4 is 49.2 Å². The minimum Gasteiger partial charge on any atom is -0.477 e. The van der Waals surface area contributed by atoms with Gasteiger partial charge in [0.05, 0.1) is 10.4 Å². The number of rotatable bonds is 6. The van der Waals surface area contributed by atoms with Crippen LogP contribution in [0.1, 0.15) is 16.6 Å². The maximum absolute atomic E-state index is 12.2. The Morgan fingerprint density at radius 1 is 1.50 bits per heavy atom. The van der Waals surface area contributed by atoms with Crippen molar-refractivity contribution in [3.63, 3.8) is 0 Å². The summed E-state index contributed by atoms with van der Waals surface area (Å²) in [6.07, 6.45) is 0. The summed E-state index contributed by atoms with van der Waals surface area (Å²) in [7, 11) is -2.74. The second-order valence-electron chi connectivity index (χ2n) is 3.62. The van der Waals surface area contributed by atoms with E-state index in [0.29, 0.717) is 0 Å². The largest absolute Gasteiger partial charge is 0.477 e. The summed E-state index contributed by atoms with van der Waals surface area (Å²) < 4.78 is 30.1. The predicted molar refractivity (Wildman–Crippen MR) is 75.4 cm³/mol. The number of carboxylic acids is 1. The molecule has 0 atom stereocenters. The number of hydrogen-bond acceptors (Lipinski definition) is 6. The average molecular weight is 386 g/mol. The highest BCUT2D eigenvalue weighted by Gasteiger charge is 2.28. The summed E-state index contributed by atoms with van der Waals surface area (Å²) >= 11 is 3.81. The SMILES string of the molecule is CCOC(=O)CN(C)S(=O)(=O)c1cc(C(=O)O)sc1Br. The van der Waals surface area contributed by atoms with Crippen molar-refractivity contribution in [2.45, 2.75) is 11.8 Å². The Bertz CT molecular complexity index is 624. The highest BCUT2D eigenvalue weighted by molar-refractivity contribution is 9.11. The molecule has 0 bridgehead atoms. The summed E-state index contributed by atoms with van der Waals surface area (Å²) in [4.78, 5) is 21.8. The number of ether oxygens (including phenoxy) is 1. The molecule has 0 amide bonds. The zero-order valence-electron chi connectivity index (χ0n) is 10.6. The van der Waals surface area contributed by atoms with Gasteiger partial charge in [-0.2, -0.15) is 4.31 Å². The third kappa shape index (κ3) is 3.78. The molecule has 0 saturated carbocycles. The molecule has 0 saturated heterocycles. The van der Waals surface area contributed by atoms with Crippen LogP contribution in [0.2, 0.25) is 0 Å². The van der Waals surface area contributed by atoms with E-state index in [1.54, 1.807) is 6.92 Å². The van der Waals surface area contributed by atoms with E-state index < -0.39 is 28.5 Å². The third-order valence-corrected chi connectivity index (χ3v) is 6.26. The fraction of sp³-hybridized carbons (Fsp3) is 0.400. The Hall–Kier alpha value is -0.970. The van der Waals surface area contributed by atoms with Gasteiger partial charge in [-0.3, -0.25) is 4.79 Å². The van der Waals surface area contributed by atoms with Gasteiger partial charge in [0, 0.05) is 7.05 Å². The van der Waals surface area contributed by atoms with Crippen molar-refractivity contribution in [3.05, 3.63) is 14.7 Å². The number of hydrogen-bond donors (Lipinski definition) is 1. The van der Waals surface area contributed by atoms with Crippen molar-refractivity contribution in [2.75, 3.05) is 20.2 Å². The lowest BCUT2D eigenvalue weighted by Crippen LogP contribution is -2.33. The number of nitrogens with zero attached hydrogens (tertiary/aromatic N) is 1. The van der Waals surface area contributed by atoms with Gasteiger partial charge in [0.15, 0.2) is 0 Å². The molecule has 10 heteroatoms. The number of carboxylic acid groups (broad SMARTS) is 1. The number of thiophene rings is 1. The highest BCUT2D eigenvalue weighted by atomic mass is 79.9. The topological polar surface area (TPSA) is 101 Å². The molecule has 1 N–H and O–H groups in total. The lowest BCUT2D eigenvalue weighted by molar-refractivity contribution is -0.143. The molecule has 1 rings (SSSR count). The molecule has 1 aromatic heterocycles. The van der Waals surface area contributed by atoms with E-state index in [2.05, 4.69) is 20.7 Å². The summed E-state index contributed by atoms with van der Waals surface area (Å²) in [5.74, 6) is -1.89. The first-order valence-corrected chi connectivity index (χ1v) is 8.39. The smallest absolute Gasteiger partial charge is 0.345 e. The Morgan fingerprint density at radius 3 is 2.55 bits per heavy atom. The van der Waals surface area contributed by atoms with E-state index in [4.69, 9.17) is 5.11 Å². The first-order valence-electron chi connectivity index (χ1n) is 5.34. The normalized spacial score (nSPS) is 11.6. The molecule has 0 radical (unpaired) electrons. The summed E-state index contributed by atoms with van der Waals surface area (Å²) in [6, 6.07) is 1.05. The summed E-state index contributed by atoms with van der Waals surface area (Å²) in [6.45, 7) is 1.32. The maximum atomic E-state index is 12.2. The molecule has 0 aliphatic rings. The zero-order chi connectivity index (χ0) is 15.5. The standard InChI is InChI=1S/C10H12BrNO6S2/c1-3-18-8(13)5-12(2)20(16,17)7-4-6(10(14)15)19-9(7)11/h4H,3,5H2,1-2H3,(H,14,15). The summed E-state index contributed by atoms with van der Waals surface area (Å²) in [5.41, 5.74) is 0. The fourth-order valence-electron chi connectivity index (χ4n) is 1.27. The van der Waals surface area contributed by atoms with E-state index in [1.807, 2.05) is 0 Å². The quantitative estimate of drug-likeness (QED) is 0.742. The van der Waals surface area contributed by atoms with Crippen molar-refractivity contribution in [1.29, 1.82) is 0 Å². The third-order valence-electron chi connectivity index (χ3n) is 2.21. The van der Waals surface area contributed by atoms with Gasteiger partial charge in [-0.05, 0) is 28.9 Å². The molecule has 0 aromatic carbocycles. The fourth-order valence-corrected chi connectivity index (χ4v) is 4.74. The Morgan fingerprint density at radius 2 is 2.10 bits per heavy atom. The van der Waals surface area contributed by atoms with Gasteiger partial charge >= 0.3 is 11.9 Å². The van der Waals surface area contributed by atoms with Crippen LogP contribution in [0.15, 0.2) is 14.7 Å². The monoisotopic (exact) mass is 385 g/mol. The minimum atomic E-state index is -3.96. The van der Waals surface area contributed by atoms with E-state index >= 15 is 0 Å². The van der Waals surface area contributed by atoms with Crippen LogP contribution in [0, 0.1) is 0 Å². The van der Waals surface area contributed by atoms with Gasteiger partial charge in [-0.15, -0.1) is 11.3 Å². The molecule has 112 valence electrons. The maximum Gasteiger partial charge on any atom is 0.345 e.